The number of carbonyl (C=O) groups excluding carboxylic acids is 2. The average Bonchev–Trinajstić information content (AvgIpc) is 3.29. The number of benzene rings is 1. The van der Waals surface area contributed by atoms with Crippen molar-refractivity contribution < 1.29 is 9.59 Å². The van der Waals surface area contributed by atoms with E-state index in [2.05, 4.69) is 48.7 Å². The van der Waals surface area contributed by atoms with Crippen LogP contribution in [0.1, 0.15) is 24.1 Å². The molecule has 0 unspecified atom stereocenters. The van der Waals surface area contributed by atoms with Gasteiger partial charge in [-0.3, -0.25) is 24.9 Å². The van der Waals surface area contributed by atoms with E-state index in [-0.39, 0.29) is 11.1 Å². The number of imide groups is 1. The highest BCUT2D eigenvalue weighted by Gasteiger charge is 2.26. The number of piperidine rings is 1. The number of thioether (sulfide) groups is 1. The minimum absolute atomic E-state index is 0.350. The first kappa shape index (κ1) is 25.1. The van der Waals surface area contributed by atoms with Crippen LogP contribution in [-0.2, 0) is 11.3 Å². The molecule has 0 saturated carbocycles. The van der Waals surface area contributed by atoms with Gasteiger partial charge in [-0.05, 0) is 66.2 Å². The molecule has 4 aromatic rings. The van der Waals surface area contributed by atoms with Crippen molar-refractivity contribution in [3.05, 3.63) is 83.4 Å². The molecule has 196 valence electrons. The highest BCUT2D eigenvalue weighted by atomic mass is 32.2. The summed E-state index contributed by atoms with van der Waals surface area (Å²) in [6.45, 7) is 3.38. The van der Waals surface area contributed by atoms with Gasteiger partial charge in [0.2, 0.25) is 5.95 Å². The molecule has 9 nitrogen and oxygen atoms in total. The molecular formula is C29H27N7O2S. The lowest BCUT2D eigenvalue weighted by Gasteiger charge is -2.32. The van der Waals surface area contributed by atoms with E-state index in [1.807, 2.05) is 36.8 Å². The molecule has 0 radical (unpaired) electrons. The second-order valence-electron chi connectivity index (χ2n) is 9.61. The second kappa shape index (κ2) is 11.3. The van der Waals surface area contributed by atoms with E-state index in [1.165, 1.54) is 0 Å². The minimum Gasteiger partial charge on any atom is -0.341 e. The maximum atomic E-state index is 11.8. The number of aromatic nitrogens is 4. The zero-order valence-corrected chi connectivity index (χ0v) is 22.0. The first-order chi connectivity index (χ1) is 19.1. The van der Waals surface area contributed by atoms with Gasteiger partial charge >= 0.3 is 0 Å². The largest absolute Gasteiger partial charge is 0.341 e. The van der Waals surface area contributed by atoms with Crippen molar-refractivity contribution in [2.45, 2.75) is 19.4 Å². The number of nitrogens with one attached hydrogen (secondary N) is 2. The normalized spacial score (nSPS) is 17.2. The van der Waals surface area contributed by atoms with E-state index in [1.54, 1.807) is 18.3 Å². The fourth-order valence-electron chi connectivity index (χ4n) is 5.03. The van der Waals surface area contributed by atoms with Crippen molar-refractivity contribution in [3.63, 3.8) is 0 Å². The Morgan fingerprint density at radius 1 is 1.03 bits per heavy atom. The van der Waals surface area contributed by atoms with Crippen molar-refractivity contribution in [1.82, 2.24) is 30.6 Å². The molecule has 3 aromatic heterocycles. The zero-order chi connectivity index (χ0) is 26.6. The Balaban J connectivity index is 1.05. The van der Waals surface area contributed by atoms with Crippen LogP contribution in [0.4, 0.5) is 10.7 Å². The Morgan fingerprint density at radius 3 is 2.74 bits per heavy atom. The smallest absolute Gasteiger partial charge is 0.290 e. The van der Waals surface area contributed by atoms with Crippen LogP contribution in [0.15, 0.2) is 72.2 Å². The van der Waals surface area contributed by atoms with Gasteiger partial charge in [-0.2, -0.15) is 0 Å². The third-order valence-electron chi connectivity index (χ3n) is 7.05. The van der Waals surface area contributed by atoms with E-state index < -0.39 is 0 Å². The van der Waals surface area contributed by atoms with E-state index in [9.17, 15) is 9.59 Å². The standard InChI is InChI=1S/C29H27N7O2S/c37-27-25(39-29(38)35-27)14-22-7-11-33-28(34-22)36-12-8-19(9-13-36)15-30-17-21-5-3-10-32-26(21)24-18-31-16-20-4-1-2-6-23(20)24/h1-7,10-11,14,16,18-19,30H,8-9,12-13,15,17H2,(H,35,37,38)/b25-14+. The van der Waals surface area contributed by atoms with Crippen molar-refractivity contribution >= 4 is 45.7 Å². The van der Waals surface area contributed by atoms with Crippen molar-refractivity contribution in [2.24, 2.45) is 5.92 Å². The zero-order valence-electron chi connectivity index (χ0n) is 21.2. The SMILES string of the molecule is O=C1NC(=O)/C(=C\c2ccnc(N3CCC(CNCc4cccnc4-c4cncc5ccccc45)CC3)n2)S1. The molecule has 0 aliphatic carbocycles. The van der Waals surface area contributed by atoms with Gasteiger partial charge in [0.1, 0.15) is 0 Å². The van der Waals surface area contributed by atoms with E-state index in [0.717, 1.165) is 78.4 Å². The lowest BCUT2D eigenvalue weighted by molar-refractivity contribution is -0.115. The third-order valence-corrected chi connectivity index (χ3v) is 7.86. The van der Waals surface area contributed by atoms with Gasteiger partial charge in [0.05, 0.1) is 16.3 Å². The summed E-state index contributed by atoms with van der Waals surface area (Å²) in [5.41, 5.74) is 3.79. The quantitative estimate of drug-likeness (QED) is 0.331. The summed E-state index contributed by atoms with van der Waals surface area (Å²) in [5.74, 6) is 0.815. The van der Waals surface area contributed by atoms with Crippen LogP contribution < -0.4 is 15.5 Å². The van der Waals surface area contributed by atoms with Crippen LogP contribution in [0, 0.1) is 5.92 Å². The van der Waals surface area contributed by atoms with Crippen LogP contribution in [0.5, 0.6) is 0 Å². The summed E-state index contributed by atoms with van der Waals surface area (Å²) in [5, 5.41) is 7.82. The molecule has 2 aliphatic heterocycles. The summed E-state index contributed by atoms with van der Waals surface area (Å²) in [7, 11) is 0. The van der Waals surface area contributed by atoms with E-state index in [0.29, 0.717) is 22.5 Å². The lowest BCUT2D eigenvalue weighted by atomic mass is 9.96. The number of amides is 2. The molecule has 10 heteroatoms. The first-order valence-corrected chi connectivity index (χ1v) is 13.8. The molecule has 1 aromatic carbocycles. The molecule has 2 aliphatic rings. The molecule has 5 heterocycles. The molecule has 2 N–H and O–H groups in total. The van der Waals surface area contributed by atoms with E-state index in [4.69, 9.17) is 4.98 Å². The van der Waals surface area contributed by atoms with Crippen molar-refractivity contribution in [3.8, 4) is 11.3 Å². The summed E-state index contributed by atoms with van der Waals surface area (Å²) in [6.07, 6.45) is 11.0. The Labute approximate surface area is 230 Å². The summed E-state index contributed by atoms with van der Waals surface area (Å²) >= 11 is 0.890. The molecule has 2 amide bonds. The predicted octanol–water partition coefficient (Wildman–Crippen LogP) is 4.42. The fraction of sp³-hybridized carbons (Fsp3) is 0.241. The third kappa shape index (κ3) is 5.67. The van der Waals surface area contributed by atoms with Crippen molar-refractivity contribution in [1.29, 1.82) is 0 Å². The second-order valence-corrected chi connectivity index (χ2v) is 10.6. The summed E-state index contributed by atoms with van der Waals surface area (Å²) in [6, 6.07) is 14.1. The lowest BCUT2D eigenvalue weighted by Crippen LogP contribution is -2.38. The Morgan fingerprint density at radius 2 is 1.90 bits per heavy atom. The summed E-state index contributed by atoms with van der Waals surface area (Å²) < 4.78 is 0. The van der Waals surface area contributed by atoms with E-state index >= 15 is 0 Å². The van der Waals surface area contributed by atoms with Gasteiger partial charge in [0.15, 0.2) is 0 Å². The average molecular weight is 538 g/mol. The van der Waals surface area contributed by atoms with Crippen molar-refractivity contribution in [2.75, 3.05) is 24.5 Å². The molecule has 6 rings (SSSR count). The maximum Gasteiger partial charge on any atom is 0.290 e. The number of fused-ring (bicyclic) bond motifs is 1. The molecule has 0 atom stereocenters. The van der Waals surface area contributed by atoms with Gasteiger partial charge in [-0.1, -0.05) is 30.3 Å². The Hall–Kier alpha value is -4.15. The van der Waals surface area contributed by atoms with Gasteiger partial charge < -0.3 is 10.2 Å². The number of nitrogens with zero attached hydrogens (tertiary/aromatic N) is 5. The van der Waals surface area contributed by atoms with Crippen LogP contribution in [-0.4, -0.2) is 50.7 Å². The first-order valence-electron chi connectivity index (χ1n) is 12.9. The van der Waals surface area contributed by atoms with Crippen LogP contribution in [0.2, 0.25) is 0 Å². The van der Waals surface area contributed by atoms with Crippen LogP contribution in [0.3, 0.4) is 0 Å². The Kier molecular flexibility index (Phi) is 7.29. The molecule has 0 bridgehead atoms. The molecule has 2 saturated heterocycles. The van der Waals surface area contributed by atoms with Gasteiger partial charge in [0, 0.05) is 55.4 Å². The highest BCUT2D eigenvalue weighted by molar-refractivity contribution is 8.18. The predicted molar refractivity (Wildman–Crippen MR) is 153 cm³/mol. The maximum absolute atomic E-state index is 11.8. The number of hydrogen-bond acceptors (Lipinski definition) is 9. The van der Waals surface area contributed by atoms with Crippen LogP contribution >= 0.6 is 11.8 Å². The molecule has 0 spiro atoms. The molecule has 2 fully saturated rings. The van der Waals surface area contributed by atoms with Gasteiger partial charge in [0.25, 0.3) is 11.1 Å². The molecular weight excluding hydrogens is 510 g/mol. The highest BCUT2D eigenvalue weighted by Crippen LogP contribution is 2.29. The fourth-order valence-corrected chi connectivity index (χ4v) is 5.69. The molecule has 39 heavy (non-hydrogen) atoms. The van der Waals surface area contributed by atoms with Crippen LogP contribution in [0.25, 0.3) is 28.1 Å². The minimum atomic E-state index is -0.384. The summed E-state index contributed by atoms with van der Waals surface area (Å²) in [4.78, 5) is 44.0. The Bertz CT molecular complexity index is 1560. The van der Waals surface area contributed by atoms with Gasteiger partial charge in [-0.25, -0.2) is 9.97 Å². The monoisotopic (exact) mass is 537 g/mol. The topological polar surface area (TPSA) is 113 Å². The number of rotatable bonds is 7. The number of carbonyl (C=O) groups is 2. The van der Waals surface area contributed by atoms with Gasteiger partial charge in [-0.15, -0.1) is 0 Å². The number of anilines is 1. The number of hydrogen-bond donors (Lipinski definition) is 2. The number of pyridine rings is 2.